The second-order valence-electron chi connectivity index (χ2n) is 3.67. The summed E-state index contributed by atoms with van der Waals surface area (Å²) < 4.78 is 10.4. The summed E-state index contributed by atoms with van der Waals surface area (Å²) in [7, 11) is 0. The SMILES string of the molecule is CCOCCN(CCOCC)C(=O)CCC(=O)O. The summed E-state index contributed by atoms with van der Waals surface area (Å²) in [6.45, 7) is 6.83. The predicted octanol–water partition coefficient (Wildman–Crippen LogP) is 0.753. The molecule has 0 aromatic heterocycles. The van der Waals surface area contributed by atoms with Crippen LogP contribution >= 0.6 is 0 Å². The fourth-order valence-electron chi connectivity index (χ4n) is 1.37. The van der Waals surface area contributed by atoms with Crippen molar-refractivity contribution in [2.45, 2.75) is 26.7 Å². The smallest absolute Gasteiger partial charge is 0.303 e. The first-order chi connectivity index (χ1) is 8.61. The topological polar surface area (TPSA) is 76.1 Å². The van der Waals surface area contributed by atoms with E-state index in [4.69, 9.17) is 14.6 Å². The minimum atomic E-state index is -0.960. The first-order valence-electron chi connectivity index (χ1n) is 6.26. The lowest BCUT2D eigenvalue weighted by atomic mass is 10.2. The highest BCUT2D eigenvalue weighted by molar-refractivity contribution is 5.80. The summed E-state index contributed by atoms with van der Waals surface area (Å²) >= 11 is 0. The number of carboxylic acids is 1. The van der Waals surface area contributed by atoms with Gasteiger partial charge in [0.2, 0.25) is 5.91 Å². The molecule has 0 rings (SSSR count). The van der Waals surface area contributed by atoms with E-state index in [1.54, 1.807) is 4.90 Å². The van der Waals surface area contributed by atoms with Crippen molar-refractivity contribution in [1.82, 2.24) is 4.90 Å². The molecular formula is C12H23NO5. The number of aliphatic carboxylic acids is 1. The molecule has 0 saturated heterocycles. The largest absolute Gasteiger partial charge is 0.481 e. The van der Waals surface area contributed by atoms with Crippen molar-refractivity contribution in [3.63, 3.8) is 0 Å². The van der Waals surface area contributed by atoms with Gasteiger partial charge in [-0.05, 0) is 13.8 Å². The Bertz CT molecular complexity index is 235. The Kier molecular flexibility index (Phi) is 10.3. The van der Waals surface area contributed by atoms with Crippen LogP contribution in [-0.4, -0.2) is 61.4 Å². The van der Waals surface area contributed by atoms with E-state index in [1.165, 1.54) is 0 Å². The highest BCUT2D eigenvalue weighted by atomic mass is 16.5. The Morgan fingerprint density at radius 3 is 1.89 bits per heavy atom. The van der Waals surface area contributed by atoms with Crippen molar-refractivity contribution in [1.29, 1.82) is 0 Å². The predicted molar refractivity (Wildman–Crippen MR) is 66.4 cm³/mol. The lowest BCUT2D eigenvalue weighted by molar-refractivity contribution is -0.141. The Morgan fingerprint density at radius 1 is 1.00 bits per heavy atom. The first kappa shape index (κ1) is 16.9. The van der Waals surface area contributed by atoms with E-state index in [2.05, 4.69) is 0 Å². The fourth-order valence-corrected chi connectivity index (χ4v) is 1.37. The van der Waals surface area contributed by atoms with E-state index in [9.17, 15) is 9.59 Å². The number of carbonyl (C=O) groups excluding carboxylic acids is 1. The summed E-state index contributed by atoms with van der Waals surface area (Å²) in [6.07, 6.45) is -0.119. The molecule has 0 fully saturated rings. The minimum absolute atomic E-state index is 0.0214. The normalized spacial score (nSPS) is 10.3. The van der Waals surface area contributed by atoms with Crippen LogP contribution in [0.4, 0.5) is 0 Å². The number of hydrogen-bond acceptors (Lipinski definition) is 4. The molecule has 0 aromatic carbocycles. The molecule has 1 N–H and O–H groups in total. The molecule has 6 nitrogen and oxygen atoms in total. The molecule has 0 aliphatic carbocycles. The maximum atomic E-state index is 11.8. The highest BCUT2D eigenvalue weighted by Crippen LogP contribution is 1.99. The van der Waals surface area contributed by atoms with Gasteiger partial charge in [-0.2, -0.15) is 0 Å². The molecule has 0 radical (unpaired) electrons. The Morgan fingerprint density at radius 2 is 1.50 bits per heavy atom. The van der Waals surface area contributed by atoms with Gasteiger partial charge in [0.25, 0.3) is 0 Å². The van der Waals surface area contributed by atoms with Gasteiger partial charge in [-0.3, -0.25) is 9.59 Å². The minimum Gasteiger partial charge on any atom is -0.481 e. The standard InChI is InChI=1S/C12H23NO5/c1-3-17-9-7-13(8-10-18-4-2)11(14)5-6-12(15)16/h3-10H2,1-2H3,(H,15,16). The zero-order chi connectivity index (χ0) is 13.8. The van der Waals surface area contributed by atoms with Crippen LogP contribution in [0.3, 0.4) is 0 Å². The van der Waals surface area contributed by atoms with Crippen molar-refractivity contribution in [3.05, 3.63) is 0 Å². The van der Waals surface area contributed by atoms with Gasteiger partial charge in [-0.25, -0.2) is 0 Å². The number of ether oxygens (including phenoxy) is 2. The van der Waals surface area contributed by atoms with Crippen LogP contribution in [0.15, 0.2) is 0 Å². The van der Waals surface area contributed by atoms with E-state index in [1.807, 2.05) is 13.8 Å². The van der Waals surface area contributed by atoms with E-state index in [-0.39, 0.29) is 18.7 Å². The van der Waals surface area contributed by atoms with Gasteiger partial charge < -0.3 is 19.5 Å². The number of carboxylic acid groups (broad SMARTS) is 1. The third-order valence-electron chi connectivity index (χ3n) is 2.32. The summed E-state index contributed by atoms with van der Waals surface area (Å²) in [5.41, 5.74) is 0. The molecule has 0 atom stereocenters. The maximum Gasteiger partial charge on any atom is 0.303 e. The van der Waals surface area contributed by atoms with Crippen LogP contribution in [0, 0.1) is 0 Å². The van der Waals surface area contributed by atoms with Gasteiger partial charge in [0.1, 0.15) is 0 Å². The Hall–Kier alpha value is -1.14. The van der Waals surface area contributed by atoms with Crippen molar-refractivity contribution in [2.24, 2.45) is 0 Å². The molecule has 0 bridgehead atoms. The number of rotatable bonds is 11. The van der Waals surface area contributed by atoms with E-state index < -0.39 is 5.97 Å². The van der Waals surface area contributed by atoms with Crippen LogP contribution in [0.5, 0.6) is 0 Å². The first-order valence-corrected chi connectivity index (χ1v) is 6.26. The quantitative estimate of drug-likeness (QED) is 0.555. The molecular weight excluding hydrogens is 238 g/mol. The molecule has 0 aromatic rings. The zero-order valence-corrected chi connectivity index (χ0v) is 11.2. The number of amides is 1. The lowest BCUT2D eigenvalue weighted by Crippen LogP contribution is -2.36. The average molecular weight is 261 g/mol. The van der Waals surface area contributed by atoms with E-state index in [0.29, 0.717) is 39.5 Å². The highest BCUT2D eigenvalue weighted by Gasteiger charge is 2.14. The Balaban J connectivity index is 4.07. The fraction of sp³-hybridized carbons (Fsp3) is 0.833. The molecule has 6 heteroatoms. The van der Waals surface area contributed by atoms with Crippen molar-refractivity contribution < 1.29 is 24.2 Å². The van der Waals surface area contributed by atoms with Gasteiger partial charge in [-0.1, -0.05) is 0 Å². The number of nitrogens with zero attached hydrogens (tertiary/aromatic N) is 1. The van der Waals surface area contributed by atoms with Crippen molar-refractivity contribution >= 4 is 11.9 Å². The average Bonchev–Trinajstić information content (AvgIpc) is 2.34. The van der Waals surface area contributed by atoms with Crippen LogP contribution in [0.2, 0.25) is 0 Å². The van der Waals surface area contributed by atoms with Gasteiger partial charge >= 0.3 is 5.97 Å². The van der Waals surface area contributed by atoms with Crippen molar-refractivity contribution in [2.75, 3.05) is 39.5 Å². The summed E-state index contributed by atoms with van der Waals surface area (Å²) in [4.78, 5) is 23.8. The molecule has 0 aliphatic rings. The molecule has 0 heterocycles. The van der Waals surface area contributed by atoms with Crippen molar-refractivity contribution in [3.8, 4) is 0 Å². The number of carbonyl (C=O) groups is 2. The van der Waals surface area contributed by atoms with Gasteiger partial charge in [0.15, 0.2) is 0 Å². The zero-order valence-electron chi connectivity index (χ0n) is 11.2. The van der Waals surface area contributed by atoms with Gasteiger partial charge in [0, 0.05) is 32.7 Å². The summed E-state index contributed by atoms with van der Waals surface area (Å²) in [5, 5.41) is 8.55. The van der Waals surface area contributed by atoms with E-state index in [0.717, 1.165) is 0 Å². The Labute approximate surface area is 108 Å². The lowest BCUT2D eigenvalue weighted by Gasteiger charge is -2.22. The molecule has 0 unspecified atom stereocenters. The summed E-state index contributed by atoms with van der Waals surface area (Å²) in [6, 6.07) is 0. The van der Waals surface area contributed by atoms with Gasteiger partial charge in [0.05, 0.1) is 19.6 Å². The second-order valence-corrected chi connectivity index (χ2v) is 3.67. The maximum absolute atomic E-state index is 11.8. The third-order valence-corrected chi connectivity index (χ3v) is 2.32. The van der Waals surface area contributed by atoms with Crippen LogP contribution < -0.4 is 0 Å². The van der Waals surface area contributed by atoms with Gasteiger partial charge in [-0.15, -0.1) is 0 Å². The van der Waals surface area contributed by atoms with Crippen LogP contribution in [-0.2, 0) is 19.1 Å². The molecule has 0 aliphatic heterocycles. The van der Waals surface area contributed by atoms with Crippen LogP contribution in [0.1, 0.15) is 26.7 Å². The molecule has 18 heavy (non-hydrogen) atoms. The molecule has 106 valence electrons. The summed E-state index contributed by atoms with van der Waals surface area (Å²) in [5.74, 6) is -1.13. The molecule has 0 saturated carbocycles. The second kappa shape index (κ2) is 11.0. The third kappa shape index (κ3) is 8.95. The monoisotopic (exact) mass is 261 g/mol. The molecule has 1 amide bonds. The van der Waals surface area contributed by atoms with E-state index >= 15 is 0 Å². The van der Waals surface area contributed by atoms with Crippen LogP contribution in [0.25, 0.3) is 0 Å². The molecule has 0 spiro atoms. The number of hydrogen-bond donors (Lipinski definition) is 1.